The Balaban J connectivity index is 2.28. The van der Waals surface area contributed by atoms with Crippen LogP contribution in [0.1, 0.15) is 31.7 Å². The molecule has 0 radical (unpaired) electrons. The van der Waals surface area contributed by atoms with Crippen LogP contribution in [0.4, 0.5) is 13.2 Å². The van der Waals surface area contributed by atoms with Crippen molar-refractivity contribution < 1.29 is 18.3 Å². The maximum absolute atomic E-state index is 12.2. The molecule has 6 heteroatoms. The van der Waals surface area contributed by atoms with Crippen LogP contribution in [0.2, 0.25) is 0 Å². The molecule has 1 heterocycles. The molecule has 1 aliphatic carbocycles. The molecule has 1 fully saturated rings. The zero-order chi connectivity index (χ0) is 12.2. The van der Waals surface area contributed by atoms with E-state index >= 15 is 0 Å². The van der Waals surface area contributed by atoms with Gasteiger partial charge in [0.2, 0.25) is 0 Å². The lowest BCUT2D eigenvalue weighted by molar-refractivity contribution is -0.141. The summed E-state index contributed by atoms with van der Waals surface area (Å²) in [5.74, 6) is 0. The SMILES string of the molecule is CC1(C)CC1(O)c1cnc(C(F)(F)F)cn1. The lowest BCUT2D eigenvalue weighted by Crippen LogP contribution is -2.17. The quantitative estimate of drug-likeness (QED) is 0.806. The second kappa shape index (κ2) is 2.94. The molecule has 0 saturated heterocycles. The predicted octanol–water partition coefficient (Wildman–Crippen LogP) is 2.11. The van der Waals surface area contributed by atoms with Crippen LogP contribution in [0.5, 0.6) is 0 Å². The summed E-state index contributed by atoms with van der Waals surface area (Å²) >= 11 is 0. The molecule has 3 nitrogen and oxygen atoms in total. The van der Waals surface area contributed by atoms with E-state index in [1.807, 2.05) is 13.8 Å². The topological polar surface area (TPSA) is 46.0 Å². The van der Waals surface area contributed by atoms with Gasteiger partial charge in [-0.25, -0.2) is 4.98 Å². The first-order valence-corrected chi connectivity index (χ1v) is 4.79. The lowest BCUT2D eigenvalue weighted by Gasteiger charge is -2.13. The largest absolute Gasteiger partial charge is 0.434 e. The van der Waals surface area contributed by atoms with Gasteiger partial charge in [0.05, 0.1) is 18.1 Å². The molecule has 1 saturated carbocycles. The van der Waals surface area contributed by atoms with Crippen LogP contribution in [0.3, 0.4) is 0 Å². The fourth-order valence-corrected chi connectivity index (χ4v) is 1.72. The van der Waals surface area contributed by atoms with E-state index in [9.17, 15) is 18.3 Å². The molecule has 1 aliphatic rings. The fraction of sp³-hybridized carbons (Fsp3) is 0.600. The van der Waals surface area contributed by atoms with Crippen LogP contribution in [0.15, 0.2) is 12.4 Å². The van der Waals surface area contributed by atoms with Gasteiger partial charge in [-0.3, -0.25) is 4.98 Å². The van der Waals surface area contributed by atoms with E-state index in [4.69, 9.17) is 0 Å². The zero-order valence-electron chi connectivity index (χ0n) is 8.84. The number of aromatic nitrogens is 2. The van der Waals surface area contributed by atoms with Crippen LogP contribution in [-0.4, -0.2) is 15.1 Å². The predicted molar refractivity (Wildman–Crippen MR) is 49.3 cm³/mol. The van der Waals surface area contributed by atoms with Crippen molar-refractivity contribution in [1.82, 2.24) is 9.97 Å². The van der Waals surface area contributed by atoms with Crippen LogP contribution in [0.25, 0.3) is 0 Å². The summed E-state index contributed by atoms with van der Waals surface area (Å²) in [6, 6.07) is 0. The molecule has 1 aromatic heterocycles. The third-order valence-corrected chi connectivity index (χ3v) is 3.06. The van der Waals surface area contributed by atoms with Crippen molar-refractivity contribution in [2.24, 2.45) is 5.41 Å². The number of hydrogen-bond donors (Lipinski definition) is 1. The van der Waals surface area contributed by atoms with Gasteiger partial charge in [-0.15, -0.1) is 0 Å². The minimum absolute atomic E-state index is 0.200. The summed E-state index contributed by atoms with van der Waals surface area (Å²) in [6.45, 7) is 3.65. The van der Waals surface area contributed by atoms with E-state index in [2.05, 4.69) is 9.97 Å². The highest BCUT2D eigenvalue weighted by Gasteiger charge is 2.62. The van der Waals surface area contributed by atoms with Crippen LogP contribution in [-0.2, 0) is 11.8 Å². The van der Waals surface area contributed by atoms with E-state index in [0.717, 1.165) is 6.20 Å². The molecule has 1 N–H and O–H groups in total. The molecule has 1 unspecified atom stereocenters. The van der Waals surface area contributed by atoms with Crippen LogP contribution in [0, 0.1) is 5.41 Å². The molecule has 0 spiro atoms. The second-order valence-electron chi connectivity index (χ2n) is 4.71. The maximum Gasteiger partial charge on any atom is 0.434 e. The average Bonchev–Trinajstić information content (AvgIpc) is 2.66. The number of aliphatic hydroxyl groups is 1. The molecule has 2 rings (SSSR count). The van der Waals surface area contributed by atoms with Gasteiger partial charge in [0, 0.05) is 5.41 Å². The fourth-order valence-electron chi connectivity index (χ4n) is 1.72. The molecular formula is C10H11F3N2O. The van der Waals surface area contributed by atoms with Gasteiger partial charge in [0.25, 0.3) is 0 Å². The minimum Gasteiger partial charge on any atom is -0.383 e. The Bertz CT molecular complexity index is 413. The van der Waals surface area contributed by atoms with E-state index in [-0.39, 0.29) is 11.1 Å². The smallest absolute Gasteiger partial charge is 0.383 e. The number of hydrogen-bond acceptors (Lipinski definition) is 3. The van der Waals surface area contributed by atoms with Gasteiger partial charge in [-0.2, -0.15) is 13.2 Å². The first-order chi connectivity index (χ1) is 7.17. The van der Waals surface area contributed by atoms with Gasteiger partial charge < -0.3 is 5.11 Å². The molecule has 0 amide bonds. The van der Waals surface area contributed by atoms with Crippen molar-refractivity contribution in [3.63, 3.8) is 0 Å². The molecule has 88 valence electrons. The highest BCUT2D eigenvalue weighted by atomic mass is 19.4. The molecule has 1 aromatic rings. The third-order valence-electron chi connectivity index (χ3n) is 3.06. The standard InChI is InChI=1S/C10H11F3N2O/c1-8(2)5-9(8,16)6-3-15-7(4-14-6)10(11,12)13/h3-4,16H,5H2,1-2H3. The number of halogens is 3. The Kier molecular flexibility index (Phi) is 2.08. The molecule has 16 heavy (non-hydrogen) atoms. The lowest BCUT2D eigenvalue weighted by atomic mass is 10.1. The van der Waals surface area contributed by atoms with Crippen molar-refractivity contribution in [2.45, 2.75) is 32.0 Å². The summed E-state index contributed by atoms with van der Waals surface area (Å²) in [7, 11) is 0. The van der Waals surface area contributed by atoms with Gasteiger partial charge >= 0.3 is 6.18 Å². The van der Waals surface area contributed by atoms with Gasteiger partial charge in [0.15, 0.2) is 5.69 Å². The van der Waals surface area contributed by atoms with E-state index in [0.29, 0.717) is 12.6 Å². The van der Waals surface area contributed by atoms with Crippen molar-refractivity contribution in [3.05, 3.63) is 23.8 Å². The minimum atomic E-state index is -4.49. The van der Waals surface area contributed by atoms with E-state index in [1.54, 1.807) is 0 Å². The molecule has 1 atom stereocenters. The third kappa shape index (κ3) is 1.57. The summed E-state index contributed by atoms with van der Waals surface area (Å²) < 4.78 is 36.7. The number of nitrogens with zero attached hydrogens (tertiary/aromatic N) is 2. The summed E-state index contributed by atoms with van der Waals surface area (Å²) in [6.07, 6.45) is -2.35. The molecule has 0 aliphatic heterocycles. The Morgan fingerprint density at radius 2 is 1.81 bits per heavy atom. The summed E-state index contributed by atoms with van der Waals surface area (Å²) in [4.78, 5) is 6.92. The van der Waals surface area contributed by atoms with Crippen molar-refractivity contribution in [1.29, 1.82) is 0 Å². The Hall–Kier alpha value is -1.17. The van der Waals surface area contributed by atoms with Crippen molar-refractivity contribution in [3.8, 4) is 0 Å². The second-order valence-corrected chi connectivity index (χ2v) is 4.71. The van der Waals surface area contributed by atoms with E-state index in [1.165, 1.54) is 0 Å². The maximum atomic E-state index is 12.2. The van der Waals surface area contributed by atoms with Gasteiger partial charge in [0.1, 0.15) is 5.60 Å². The van der Waals surface area contributed by atoms with Crippen LogP contribution < -0.4 is 0 Å². The zero-order valence-corrected chi connectivity index (χ0v) is 8.84. The van der Waals surface area contributed by atoms with Crippen molar-refractivity contribution in [2.75, 3.05) is 0 Å². The van der Waals surface area contributed by atoms with Crippen LogP contribution >= 0.6 is 0 Å². The first-order valence-electron chi connectivity index (χ1n) is 4.79. The Morgan fingerprint density at radius 3 is 2.12 bits per heavy atom. The van der Waals surface area contributed by atoms with Crippen molar-refractivity contribution >= 4 is 0 Å². The Morgan fingerprint density at radius 1 is 1.25 bits per heavy atom. The molecule has 0 bridgehead atoms. The summed E-state index contributed by atoms with van der Waals surface area (Å²) in [5.41, 5.74) is -2.32. The van der Waals surface area contributed by atoms with Gasteiger partial charge in [-0.1, -0.05) is 13.8 Å². The highest BCUT2D eigenvalue weighted by Crippen LogP contribution is 2.61. The first kappa shape index (κ1) is 11.3. The summed E-state index contributed by atoms with van der Waals surface area (Å²) in [5, 5.41) is 10.0. The normalized spacial score (nSPS) is 27.9. The monoisotopic (exact) mass is 232 g/mol. The average molecular weight is 232 g/mol. The number of alkyl halides is 3. The highest BCUT2D eigenvalue weighted by molar-refractivity contribution is 5.25. The van der Waals surface area contributed by atoms with E-state index < -0.39 is 17.5 Å². The Labute approximate surface area is 90.3 Å². The number of rotatable bonds is 1. The molecule has 0 aromatic carbocycles. The van der Waals surface area contributed by atoms with Gasteiger partial charge in [-0.05, 0) is 6.42 Å². The molecular weight excluding hydrogens is 221 g/mol.